The van der Waals surface area contributed by atoms with Crippen LogP contribution >= 0.6 is 0 Å². The van der Waals surface area contributed by atoms with E-state index in [2.05, 4.69) is 225 Å². The normalized spacial score (nSPS) is 15.7. The van der Waals surface area contributed by atoms with E-state index in [9.17, 15) is 0 Å². The Labute approximate surface area is 381 Å². The summed E-state index contributed by atoms with van der Waals surface area (Å²) in [5.74, 6) is -0.00411. The summed E-state index contributed by atoms with van der Waals surface area (Å²) >= 11 is 0. The first-order valence-electron chi connectivity index (χ1n) is 22.8. The van der Waals surface area contributed by atoms with Crippen LogP contribution in [-0.4, -0.2) is 19.1 Å². The predicted molar refractivity (Wildman–Crippen MR) is 274 cm³/mol. The molecule has 0 radical (unpaired) electrons. The van der Waals surface area contributed by atoms with E-state index in [0.717, 1.165) is 16.9 Å². The van der Waals surface area contributed by atoms with Crippen molar-refractivity contribution in [2.75, 3.05) is 0 Å². The second-order valence-electron chi connectivity index (χ2n) is 17.6. The highest BCUT2D eigenvalue weighted by Crippen LogP contribution is 2.56. The van der Waals surface area contributed by atoms with Gasteiger partial charge in [-0.05, 0) is 151 Å². The summed E-state index contributed by atoms with van der Waals surface area (Å²) in [7, 11) is 0. The van der Waals surface area contributed by atoms with E-state index in [1.165, 1.54) is 104 Å². The van der Waals surface area contributed by atoms with Crippen molar-refractivity contribution in [2.45, 2.75) is 5.92 Å². The van der Waals surface area contributed by atoms with Gasteiger partial charge in [0.05, 0.1) is 22.1 Å². The van der Waals surface area contributed by atoms with Crippen molar-refractivity contribution in [1.82, 2.24) is 19.1 Å². The molecule has 0 N–H and O–H groups in total. The summed E-state index contributed by atoms with van der Waals surface area (Å²) in [4.78, 5) is 8.99. The number of pyridine rings is 2. The van der Waals surface area contributed by atoms with E-state index in [1.807, 2.05) is 24.8 Å². The summed E-state index contributed by atoms with van der Waals surface area (Å²) < 4.78 is 4.91. The molecule has 0 fully saturated rings. The van der Waals surface area contributed by atoms with E-state index >= 15 is 0 Å². The SMILES string of the molecule is C1=CC2=C(c3ccncc3)c3cc4c(cc3C(c3c5ccccc5c(-c5ccncc5)c5cc6c7ccccc7n(-c7ccccc7)c6cc35)C2C=C1)c1ccccc1n4-c1ccccc1. The number of hydrogen-bond donors (Lipinski definition) is 0. The molecule has 4 heteroatoms. The minimum absolute atomic E-state index is 0.0413. The van der Waals surface area contributed by atoms with E-state index in [4.69, 9.17) is 0 Å². The minimum atomic E-state index is -0.0454. The molecule has 14 rings (SSSR count). The molecule has 0 saturated carbocycles. The van der Waals surface area contributed by atoms with Gasteiger partial charge in [0, 0.05) is 69.5 Å². The van der Waals surface area contributed by atoms with Crippen LogP contribution in [0.2, 0.25) is 0 Å². The van der Waals surface area contributed by atoms with Crippen molar-refractivity contribution in [3.63, 3.8) is 0 Å². The fraction of sp³-hybridized carbons (Fsp3) is 0.0323. The van der Waals surface area contributed by atoms with Gasteiger partial charge in [-0.1, -0.05) is 121 Å². The van der Waals surface area contributed by atoms with Crippen molar-refractivity contribution in [2.24, 2.45) is 5.92 Å². The second kappa shape index (κ2) is 14.5. The van der Waals surface area contributed by atoms with Crippen LogP contribution in [0.5, 0.6) is 0 Å². The number of rotatable bonds is 5. The maximum Gasteiger partial charge on any atom is 0.0547 e. The van der Waals surface area contributed by atoms with E-state index in [-0.39, 0.29) is 11.8 Å². The fourth-order valence-corrected chi connectivity index (χ4v) is 11.7. The standard InChI is InChI=1S/C62H40N4/c1-3-15-41(16-4-1)65-56-26-14-12-20-44(56)50-36-52-53(37-57(50)65)60(40-29-33-64-34-30-40)46-22-8-9-23-47(46)61(52)62-48-24-10-7-21-45(48)59(39-27-31-63-32-28-39)51-35-49-43-19-11-13-25-55(43)66(58(49)38-54(51)62)42-17-5-2-6-18-42/h1-38,47,61H. The zero-order valence-corrected chi connectivity index (χ0v) is 35.9. The Hall–Kier alpha value is -8.60. The summed E-state index contributed by atoms with van der Waals surface area (Å²) in [6.45, 7) is 0. The second-order valence-corrected chi connectivity index (χ2v) is 17.6. The van der Waals surface area contributed by atoms with Crippen molar-refractivity contribution < 1.29 is 0 Å². The highest BCUT2D eigenvalue weighted by atomic mass is 15.0. The summed E-state index contributed by atoms with van der Waals surface area (Å²) in [5.41, 5.74) is 17.1. The topological polar surface area (TPSA) is 35.6 Å². The number of aromatic nitrogens is 4. The number of benzene rings is 8. The minimum Gasteiger partial charge on any atom is -0.309 e. The van der Waals surface area contributed by atoms with Crippen LogP contribution in [0.15, 0.2) is 237 Å². The smallest absolute Gasteiger partial charge is 0.0547 e. The molecule has 0 saturated heterocycles. The first-order chi connectivity index (χ1) is 32.8. The third-order valence-corrected chi connectivity index (χ3v) is 14.3. The molecular weight excluding hydrogens is 801 g/mol. The lowest BCUT2D eigenvalue weighted by Crippen LogP contribution is -2.23. The van der Waals surface area contributed by atoms with Crippen LogP contribution in [0.1, 0.15) is 28.2 Å². The van der Waals surface area contributed by atoms with Gasteiger partial charge in [-0.25, -0.2) is 0 Å². The number of nitrogens with zero attached hydrogens (tertiary/aromatic N) is 4. The molecule has 0 amide bonds. The number of hydrogen-bond acceptors (Lipinski definition) is 2. The number of fused-ring (bicyclic) bond motifs is 10. The maximum absolute atomic E-state index is 4.50. The molecular formula is C62H40N4. The van der Waals surface area contributed by atoms with Crippen LogP contribution < -0.4 is 0 Å². The zero-order chi connectivity index (χ0) is 43.3. The van der Waals surface area contributed by atoms with Gasteiger partial charge < -0.3 is 9.13 Å². The molecule has 4 nitrogen and oxygen atoms in total. The van der Waals surface area contributed by atoms with Crippen LogP contribution in [0, 0.1) is 5.92 Å². The number of para-hydroxylation sites is 4. The molecule has 4 aromatic heterocycles. The van der Waals surface area contributed by atoms with Gasteiger partial charge in [-0.2, -0.15) is 0 Å². The molecule has 66 heavy (non-hydrogen) atoms. The Morgan fingerprint density at radius 2 is 0.939 bits per heavy atom. The van der Waals surface area contributed by atoms with Crippen LogP contribution in [0.3, 0.4) is 0 Å². The van der Waals surface area contributed by atoms with Crippen molar-refractivity contribution in [3.8, 4) is 22.5 Å². The molecule has 8 aromatic carbocycles. The summed E-state index contributed by atoms with van der Waals surface area (Å²) in [5, 5.41) is 9.96. The van der Waals surface area contributed by atoms with Crippen molar-refractivity contribution >= 4 is 70.7 Å². The number of allylic oxidation sites excluding steroid dienone is 5. The lowest BCUT2D eigenvalue weighted by atomic mass is 9.65. The highest BCUT2D eigenvalue weighted by Gasteiger charge is 2.39. The molecule has 0 spiro atoms. The Bertz CT molecular complexity index is 4030. The molecule has 4 heterocycles. The Balaban J connectivity index is 1.18. The molecule has 0 aliphatic heterocycles. The van der Waals surface area contributed by atoms with Gasteiger partial charge in [0.1, 0.15) is 0 Å². The van der Waals surface area contributed by atoms with E-state index in [0.29, 0.717) is 0 Å². The Morgan fingerprint density at radius 1 is 0.394 bits per heavy atom. The quantitative estimate of drug-likeness (QED) is 0.162. The van der Waals surface area contributed by atoms with Gasteiger partial charge in [-0.15, -0.1) is 0 Å². The van der Waals surface area contributed by atoms with Crippen molar-refractivity contribution in [1.29, 1.82) is 0 Å². The average molecular weight is 841 g/mol. The lowest BCUT2D eigenvalue weighted by Gasteiger charge is -2.38. The lowest BCUT2D eigenvalue weighted by molar-refractivity contribution is 0.657. The first-order valence-corrected chi connectivity index (χ1v) is 22.8. The van der Waals surface area contributed by atoms with Gasteiger partial charge in [0.15, 0.2) is 0 Å². The van der Waals surface area contributed by atoms with Gasteiger partial charge in [0.2, 0.25) is 0 Å². The molecule has 2 aliphatic rings. The summed E-state index contributed by atoms with van der Waals surface area (Å²) in [6.07, 6.45) is 17.0. The van der Waals surface area contributed by atoms with E-state index in [1.54, 1.807) is 0 Å². The van der Waals surface area contributed by atoms with Crippen LogP contribution in [-0.2, 0) is 0 Å². The highest BCUT2D eigenvalue weighted by molar-refractivity contribution is 6.22. The molecule has 2 unspecified atom stereocenters. The van der Waals surface area contributed by atoms with E-state index < -0.39 is 0 Å². The molecule has 2 atom stereocenters. The Morgan fingerprint density at radius 3 is 1.59 bits per heavy atom. The van der Waals surface area contributed by atoms with Gasteiger partial charge in [0.25, 0.3) is 0 Å². The van der Waals surface area contributed by atoms with Crippen LogP contribution in [0.4, 0.5) is 0 Å². The van der Waals surface area contributed by atoms with Crippen LogP contribution in [0.25, 0.3) is 93.2 Å². The molecule has 0 bridgehead atoms. The molecule has 308 valence electrons. The largest absolute Gasteiger partial charge is 0.309 e. The Kier molecular flexibility index (Phi) is 8.07. The third kappa shape index (κ3) is 5.33. The maximum atomic E-state index is 4.50. The fourth-order valence-electron chi connectivity index (χ4n) is 11.7. The first kappa shape index (κ1) is 36.8. The monoisotopic (exact) mass is 840 g/mol. The third-order valence-electron chi connectivity index (χ3n) is 14.3. The zero-order valence-electron chi connectivity index (χ0n) is 35.9. The van der Waals surface area contributed by atoms with Gasteiger partial charge >= 0.3 is 0 Å². The predicted octanol–water partition coefficient (Wildman–Crippen LogP) is 15.3. The molecule has 2 aliphatic carbocycles. The van der Waals surface area contributed by atoms with Gasteiger partial charge in [-0.3, -0.25) is 9.97 Å². The molecule has 12 aromatic rings. The average Bonchev–Trinajstić information content (AvgIpc) is 3.89. The summed E-state index contributed by atoms with van der Waals surface area (Å²) in [6, 6.07) is 67.3. The van der Waals surface area contributed by atoms with Crippen molar-refractivity contribution in [3.05, 3.63) is 259 Å².